The fourth-order valence-corrected chi connectivity index (χ4v) is 3.11. The molecule has 1 heterocycles. The van der Waals surface area contributed by atoms with Crippen molar-refractivity contribution in [3.05, 3.63) is 76.9 Å². The molecular weight excluding hydrogens is 386 g/mol. The molecule has 0 radical (unpaired) electrons. The largest absolute Gasteiger partial charge is 0.460 e. The Morgan fingerprint density at radius 2 is 1.82 bits per heavy atom. The Bertz CT molecular complexity index is 977. The number of hydrogen-bond donors (Lipinski definition) is 2. The first-order chi connectivity index (χ1) is 13.4. The third-order valence-electron chi connectivity index (χ3n) is 4.12. The molecular formula is C20H16F2N2O3S. The lowest BCUT2D eigenvalue weighted by Crippen LogP contribution is -2.46. The van der Waals surface area contributed by atoms with Gasteiger partial charge in [-0.2, -0.15) is 0 Å². The number of carbonyl (C=O) groups excluding carboxylic acids is 2. The zero-order valence-electron chi connectivity index (χ0n) is 14.8. The number of carbonyl (C=O) groups is 2. The topological polar surface area (TPSA) is 67.4 Å². The molecule has 8 heteroatoms. The van der Waals surface area contributed by atoms with Gasteiger partial charge in [-0.15, -0.1) is 0 Å². The molecule has 0 spiro atoms. The Morgan fingerprint density at radius 1 is 1.11 bits per heavy atom. The summed E-state index contributed by atoms with van der Waals surface area (Å²) in [5.74, 6) is -4.05. The second-order valence-corrected chi connectivity index (χ2v) is 6.32. The minimum Gasteiger partial charge on any atom is -0.460 e. The highest BCUT2D eigenvalue weighted by atomic mass is 32.1. The smallest absolute Gasteiger partial charge is 0.379 e. The highest BCUT2D eigenvalue weighted by Crippen LogP contribution is 2.32. The summed E-state index contributed by atoms with van der Waals surface area (Å²) in [6.07, 6.45) is 0. The van der Waals surface area contributed by atoms with Crippen LogP contribution in [0.5, 0.6) is 0 Å². The molecule has 1 aliphatic rings. The third-order valence-corrected chi connectivity index (χ3v) is 4.34. The van der Waals surface area contributed by atoms with E-state index in [-0.39, 0.29) is 22.9 Å². The van der Waals surface area contributed by atoms with Crippen molar-refractivity contribution in [1.82, 2.24) is 10.6 Å². The van der Waals surface area contributed by atoms with E-state index >= 15 is 0 Å². The van der Waals surface area contributed by atoms with Crippen LogP contribution in [0.15, 0.2) is 54.1 Å². The Labute approximate surface area is 165 Å². The fourth-order valence-electron chi connectivity index (χ4n) is 2.89. The third kappa shape index (κ3) is 3.91. The van der Waals surface area contributed by atoms with Gasteiger partial charge in [0.2, 0.25) is 0 Å². The van der Waals surface area contributed by atoms with E-state index in [2.05, 4.69) is 10.6 Å². The van der Waals surface area contributed by atoms with Gasteiger partial charge in [-0.05, 0) is 42.4 Å². The fraction of sp³-hybridized carbons (Fsp3) is 0.150. The zero-order valence-corrected chi connectivity index (χ0v) is 15.6. The van der Waals surface area contributed by atoms with Crippen molar-refractivity contribution < 1.29 is 23.1 Å². The van der Waals surface area contributed by atoms with Crippen LogP contribution in [0.4, 0.5) is 8.78 Å². The van der Waals surface area contributed by atoms with Crippen molar-refractivity contribution in [3.63, 3.8) is 0 Å². The van der Waals surface area contributed by atoms with Crippen LogP contribution >= 0.6 is 12.2 Å². The molecule has 0 fully saturated rings. The lowest BCUT2D eigenvalue weighted by atomic mass is 9.90. The van der Waals surface area contributed by atoms with E-state index in [9.17, 15) is 18.4 Å². The number of hydrogen-bond acceptors (Lipinski definition) is 4. The van der Waals surface area contributed by atoms with Gasteiger partial charge in [0.05, 0.1) is 23.9 Å². The molecule has 0 aliphatic carbocycles. The lowest BCUT2D eigenvalue weighted by Gasteiger charge is -2.31. The molecule has 28 heavy (non-hydrogen) atoms. The quantitative estimate of drug-likeness (QED) is 0.455. The number of Topliss-reactive ketones (excluding diaryl/α,β-unsaturated/α-hetero) is 1. The van der Waals surface area contributed by atoms with E-state index < -0.39 is 29.4 Å². The van der Waals surface area contributed by atoms with E-state index in [0.29, 0.717) is 11.3 Å². The van der Waals surface area contributed by atoms with Crippen molar-refractivity contribution in [3.8, 4) is 0 Å². The number of ketones is 1. The second-order valence-electron chi connectivity index (χ2n) is 5.91. The second kappa shape index (κ2) is 8.26. The first-order valence-corrected chi connectivity index (χ1v) is 8.86. The Kier molecular flexibility index (Phi) is 5.79. The van der Waals surface area contributed by atoms with Gasteiger partial charge in [-0.3, -0.25) is 4.79 Å². The maximum absolute atomic E-state index is 13.8. The molecule has 2 aromatic carbocycles. The molecule has 2 aromatic rings. The maximum atomic E-state index is 13.8. The Balaban J connectivity index is 2.20. The Hall–Kier alpha value is -3.13. The molecule has 0 amide bonds. The number of halogens is 2. The molecule has 5 nitrogen and oxygen atoms in total. The summed E-state index contributed by atoms with van der Waals surface area (Å²) in [5, 5.41) is 5.92. The molecule has 0 bridgehead atoms. The van der Waals surface area contributed by atoms with Crippen LogP contribution in [-0.4, -0.2) is 23.5 Å². The van der Waals surface area contributed by atoms with E-state index in [1.165, 1.54) is 6.07 Å². The van der Waals surface area contributed by atoms with Crippen LogP contribution in [0.25, 0.3) is 5.70 Å². The van der Waals surface area contributed by atoms with Crippen molar-refractivity contribution in [2.24, 2.45) is 0 Å². The summed E-state index contributed by atoms with van der Waals surface area (Å²) in [4.78, 5) is 25.1. The molecule has 2 N–H and O–H groups in total. The molecule has 0 unspecified atom stereocenters. The summed E-state index contributed by atoms with van der Waals surface area (Å²) < 4.78 is 32.0. The van der Waals surface area contributed by atoms with Gasteiger partial charge in [0.15, 0.2) is 16.7 Å². The summed E-state index contributed by atoms with van der Waals surface area (Å²) in [7, 11) is 0. The predicted octanol–water partition coefficient (Wildman–Crippen LogP) is 3.03. The van der Waals surface area contributed by atoms with Gasteiger partial charge >= 0.3 is 5.97 Å². The molecule has 144 valence electrons. The van der Waals surface area contributed by atoms with Crippen molar-refractivity contribution >= 4 is 34.8 Å². The van der Waals surface area contributed by atoms with Gasteiger partial charge in [0, 0.05) is 0 Å². The highest BCUT2D eigenvalue weighted by molar-refractivity contribution is 7.80. The molecule has 3 rings (SSSR count). The first-order valence-electron chi connectivity index (χ1n) is 8.45. The highest BCUT2D eigenvalue weighted by Gasteiger charge is 2.36. The summed E-state index contributed by atoms with van der Waals surface area (Å²) >= 11 is 5.22. The average molecular weight is 402 g/mol. The summed E-state index contributed by atoms with van der Waals surface area (Å²) in [6, 6.07) is 11.1. The van der Waals surface area contributed by atoms with Crippen LogP contribution in [-0.2, 0) is 14.3 Å². The summed E-state index contributed by atoms with van der Waals surface area (Å²) in [5.41, 5.74) is 1.15. The van der Waals surface area contributed by atoms with E-state index in [1.807, 2.05) is 0 Å². The van der Waals surface area contributed by atoms with Crippen LogP contribution in [0, 0.1) is 11.6 Å². The number of thiocarbonyl (C=S) groups is 1. The number of benzene rings is 2. The van der Waals surface area contributed by atoms with E-state index in [0.717, 1.165) is 12.1 Å². The SMILES string of the molecule is CCOC(=O)C(=O)C1=C(c2ccccc2)NC(=S)N[C@@H]1c1ccc(F)c(F)c1. The van der Waals surface area contributed by atoms with Crippen LogP contribution in [0.2, 0.25) is 0 Å². The molecule has 0 saturated heterocycles. The van der Waals surface area contributed by atoms with E-state index in [1.54, 1.807) is 37.3 Å². The number of nitrogens with one attached hydrogen (secondary N) is 2. The van der Waals surface area contributed by atoms with Gasteiger partial charge in [-0.25, -0.2) is 13.6 Å². The van der Waals surface area contributed by atoms with Crippen LogP contribution in [0.1, 0.15) is 24.1 Å². The lowest BCUT2D eigenvalue weighted by molar-refractivity contribution is -0.151. The molecule has 1 atom stereocenters. The number of rotatable bonds is 5. The Morgan fingerprint density at radius 3 is 2.46 bits per heavy atom. The molecule has 0 saturated carbocycles. The summed E-state index contributed by atoms with van der Waals surface area (Å²) in [6.45, 7) is 1.60. The minimum absolute atomic E-state index is 0.00394. The zero-order chi connectivity index (χ0) is 20.3. The van der Waals surface area contributed by atoms with Crippen molar-refractivity contribution in [2.75, 3.05) is 6.61 Å². The van der Waals surface area contributed by atoms with Crippen molar-refractivity contribution in [1.29, 1.82) is 0 Å². The number of ether oxygens (including phenoxy) is 1. The van der Waals surface area contributed by atoms with Gasteiger partial charge in [0.1, 0.15) is 0 Å². The van der Waals surface area contributed by atoms with Gasteiger partial charge in [-0.1, -0.05) is 36.4 Å². The standard InChI is InChI=1S/C20H16F2N2O3S/c1-2-27-19(26)18(25)15-16(11-6-4-3-5-7-11)23-20(28)24-17(15)12-8-9-13(21)14(22)10-12/h3-10,17H,2H2,1H3,(H2,23,24,28)/t17-/m1/s1. The molecule has 0 aromatic heterocycles. The predicted molar refractivity (Wildman–Crippen MR) is 103 cm³/mol. The normalized spacial score (nSPS) is 16.2. The monoisotopic (exact) mass is 402 g/mol. The first kappa shape index (κ1) is 19.6. The average Bonchev–Trinajstić information content (AvgIpc) is 2.69. The van der Waals surface area contributed by atoms with Gasteiger partial charge in [0.25, 0.3) is 5.78 Å². The number of esters is 1. The van der Waals surface area contributed by atoms with E-state index in [4.69, 9.17) is 17.0 Å². The van der Waals surface area contributed by atoms with Gasteiger partial charge < -0.3 is 15.4 Å². The molecule has 1 aliphatic heterocycles. The maximum Gasteiger partial charge on any atom is 0.379 e. The minimum atomic E-state index is -1.08. The van der Waals surface area contributed by atoms with Crippen LogP contribution < -0.4 is 10.6 Å². The van der Waals surface area contributed by atoms with Crippen molar-refractivity contribution in [2.45, 2.75) is 13.0 Å². The van der Waals surface area contributed by atoms with Crippen LogP contribution in [0.3, 0.4) is 0 Å².